The van der Waals surface area contributed by atoms with Crippen LogP contribution in [0.2, 0.25) is 0 Å². The van der Waals surface area contributed by atoms with E-state index in [9.17, 15) is 4.39 Å². The Kier molecular flexibility index (Phi) is 2.77. The number of aryl methyl sites for hydroxylation is 1. The lowest BCUT2D eigenvalue weighted by Crippen LogP contribution is -2.05. The Bertz CT molecular complexity index is 483. The van der Waals surface area contributed by atoms with Crippen molar-refractivity contribution in [2.75, 3.05) is 0 Å². The van der Waals surface area contributed by atoms with Crippen LogP contribution in [0.25, 0.3) is 0 Å². The van der Waals surface area contributed by atoms with Gasteiger partial charge in [0.05, 0.1) is 10.7 Å². The highest BCUT2D eigenvalue weighted by molar-refractivity contribution is 9.10. The third kappa shape index (κ3) is 2.38. The smallest absolute Gasteiger partial charge is 0.230 e. The minimum Gasteiger partial charge on any atom is -0.265 e. The van der Waals surface area contributed by atoms with Crippen molar-refractivity contribution in [2.24, 2.45) is 0 Å². The fourth-order valence-corrected chi connectivity index (χ4v) is 1.35. The first-order valence-corrected chi connectivity index (χ1v) is 5.10. The van der Waals surface area contributed by atoms with E-state index in [2.05, 4.69) is 31.0 Å². The molecule has 0 N–H and O–H groups in total. The second kappa shape index (κ2) is 4.06. The summed E-state index contributed by atoms with van der Waals surface area (Å²) in [5, 5.41) is 4.07. The first-order valence-electron chi connectivity index (χ1n) is 4.31. The van der Waals surface area contributed by atoms with Crippen LogP contribution >= 0.6 is 15.9 Å². The maximum absolute atomic E-state index is 13.1. The molecule has 0 radical (unpaired) electrons. The molecule has 2 heterocycles. The van der Waals surface area contributed by atoms with E-state index in [0.717, 1.165) is 5.56 Å². The predicted octanol–water partition coefficient (Wildman–Crippen LogP) is 1.93. The highest BCUT2D eigenvalue weighted by atomic mass is 79.9. The fourth-order valence-electron chi connectivity index (χ4n) is 1.15. The molecule has 0 saturated carbocycles. The summed E-state index contributed by atoms with van der Waals surface area (Å²) in [6.07, 6.45) is 4.98. The molecular formula is C9H8BrFN4. The van der Waals surface area contributed by atoms with E-state index in [-0.39, 0.29) is 4.47 Å². The van der Waals surface area contributed by atoms with Crippen molar-refractivity contribution >= 4 is 15.9 Å². The lowest BCUT2D eigenvalue weighted by atomic mass is 10.4. The molecule has 0 bridgehead atoms. The number of rotatable bonds is 2. The van der Waals surface area contributed by atoms with E-state index in [1.54, 1.807) is 10.9 Å². The molecule has 2 aromatic rings. The molecule has 0 spiro atoms. The molecule has 6 heteroatoms. The number of nitrogens with zero attached hydrogens (tertiary/aromatic N) is 4. The number of hydrogen-bond donors (Lipinski definition) is 0. The monoisotopic (exact) mass is 270 g/mol. The molecule has 2 aromatic heterocycles. The molecular weight excluding hydrogens is 263 g/mol. The van der Waals surface area contributed by atoms with Gasteiger partial charge in [0.25, 0.3) is 0 Å². The summed E-state index contributed by atoms with van der Waals surface area (Å²) in [6.45, 7) is 2.31. The van der Waals surface area contributed by atoms with Gasteiger partial charge in [0, 0.05) is 12.4 Å². The molecule has 0 fully saturated rings. The first kappa shape index (κ1) is 10.2. The molecule has 0 aliphatic carbocycles. The summed E-state index contributed by atoms with van der Waals surface area (Å²) in [4.78, 5) is 7.68. The molecule has 15 heavy (non-hydrogen) atoms. The number of halogens is 2. The summed E-state index contributed by atoms with van der Waals surface area (Å²) in [7, 11) is 0. The molecule has 0 amide bonds. The minimum atomic E-state index is -0.552. The molecule has 4 nitrogen and oxygen atoms in total. The number of hydrogen-bond acceptors (Lipinski definition) is 3. The van der Waals surface area contributed by atoms with Crippen LogP contribution in [0.1, 0.15) is 11.4 Å². The SMILES string of the molecule is Cc1cnn(Cc2ncc(Br)c(F)n2)c1. The number of aromatic nitrogens is 4. The largest absolute Gasteiger partial charge is 0.265 e. The van der Waals surface area contributed by atoms with Crippen molar-refractivity contribution in [2.45, 2.75) is 13.5 Å². The van der Waals surface area contributed by atoms with E-state index in [4.69, 9.17) is 0 Å². The third-order valence-electron chi connectivity index (χ3n) is 1.82. The van der Waals surface area contributed by atoms with Gasteiger partial charge in [-0.25, -0.2) is 9.97 Å². The van der Waals surface area contributed by atoms with Gasteiger partial charge in [0.2, 0.25) is 5.95 Å². The van der Waals surface area contributed by atoms with Gasteiger partial charge in [0.15, 0.2) is 5.82 Å². The van der Waals surface area contributed by atoms with Gasteiger partial charge < -0.3 is 0 Å². The van der Waals surface area contributed by atoms with Crippen LogP contribution in [0.4, 0.5) is 4.39 Å². The molecule has 0 aliphatic heterocycles. The normalized spacial score (nSPS) is 10.6. The van der Waals surface area contributed by atoms with Crippen molar-refractivity contribution in [3.8, 4) is 0 Å². The van der Waals surface area contributed by atoms with E-state index in [1.807, 2.05) is 13.1 Å². The van der Waals surface area contributed by atoms with Crippen LogP contribution in [0, 0.1) is 12.9 Å². The lowest BCUT2D eigenvalue weighted by molar-refractivity contribution is 0.550. The van der Waals surface area contributed by atoms with Crippen LogP contribution in [0.5, 0.6) is 0 Å². The van der Waals surface area contributed by atoms with Crippen molar-refractivity contribution in [1.29, 1.82) is 0 Å². The van der Waals surface area contributed by atoms with Gasteiger partial charge in [0.1, 0.15) is 6.54 Å². The van der Waals surface area contributed by atoms with Crippen molar-refractivity contribution in [3.05, 3.63) is 40.4 Å². The highest BCUT2D eigenvalue weighted by Gasteiger charge is 2.04. The fraction of sp³-hybridized carbons (Fsp3) is 0.222. The Hall–Kier alpha value is -1.30. The predicted molar refractivity (Wildman–Crippen MR) is 55.8 cm³/mol. The maximum atomic E-state index is 13.1. The van der Waals surface area contributed by atoms with Gasteiger partial charge in [-0.1, -0.05) is 0 Å². The molecule has 0 saturated heterocycles. The first-order chi connectivity index (χ1) is 7.15. The van der Waals surface area contributed by atoms with Crippen molar-refractivity contribution in [3.63, 3.8) is 0 Å². The van der Waals surface area contributed by atoms with Crippen LogP contribution in [0.15, 0.2) is 23.1 Å². The Morgan fingerprint density at radius 2 is 2.27 bits per heavy atom. The Morgan fingerprint density at radius 3 is 2.87 bits per heavy atom. The van der Waals surface area contributed by atoms with Crippen molar-refractivity contribution < 1.29 is 4.39 Å². The third-order valence-corrected chi connectivity index (χ3v) is 2.35. The minimum absolute atomic E-state index is 0.267. The zero-order valence-corrected chi connectivity index (χ0v) is 9.57. The molecule has 78 valence electrons. The average Bonchev–Trinajstić information content (AvgIpc) is 2.58. The Balaban J connectivity index is 2.21. The Labute approximate surface area is 94.3 Å². The van der Waals surface area contributed by atoms with Gasteiger partial charge in [-0.05, 0) is 28.4 Å². The average molecular weight is 271 g/mol. The van der Waals surface area contributed by atoms with Gasteiger partial charge in [-0.2, -0.15) is 9.49 Å². The Morgan fingerprint density at radius 1 is 1.47 bits per heavy atom. The summed E-state index contributed by atoms with van der Waals surface area (Å²) in [6, 6.07) is 0. The zero-order chi connectivity index (χ0) is 10.8. The van der Waals surface area contributed by atoms with E-state index in [1.165, 1.54) is 6.20 Å². The van der Waals surface area contributed by atoms with Gasteiger partial charge in [-0.15, -0.1) is 0 Å². The molecule has 0 aromatic carbocycles. The molecule has 0 unspecified atom stereocenters. The topological polar surface area (TPSA) is 43.6 Å². The maximum Gasteiger partial charge on any atom is 0.230 e. The second-order valence-corrected chi connectivity index (χ2v) is 3.99. The summed E-state index contributed by atoms with van der Waals surface area (Å²) in [5.74, 6) is -0.150. The lowest BCUT2D eigenvalue weighted by Gasteiger charge is -2.00. The van der Waals surface area contributed by atoms with Crippen molar-refractivity contribution in [1.82, 2.24) is 19.7 Å². The summed E-state index contributed by atoms with van der Waals surface area (Å²) < 4.78 is 15.0. The van der Waals surface area contributed by atoms with E-state index >= 15 is 0 Å². The van der Waals surface area contributed by atoms with Crippen LogP contribution in [0.3, 0.4) is 0 Å². The highest BCUT2D eigenvalue weighted by Crippen LogP contribution is 2.11. The summed E-state index contributed by atoms with van der Waals surface area (Å²) >= 11 is 3.00. The standard InChI is InChI=1S/C9H8BrFN4/c1-6-2-13-15(4-6)5-8-12-3-7(10)9(11)14-8/h2-4H,5H2,1H3. The molecule has 0 aliphatic rings. The molecule has 2 rings (SSSR count). The zero-order valence-electron chi connectivity index (χ0n) is 7.98. The van der Waals surface area contributed by atoms with Gasteiger partial charge in [-0.3, -0.25) is 4.68 Å². The van der Waals surface area contributed by atoms with Crippen LogP contribution < -0.4 is 0 Å². The van der Waals surface area contributed by atoms with Crippen LogP contribution in [-0.4, -0.2) is 19.7 Å². The second-order valence-electron chi connectivity index (χ2n) is 3.14. The van der Waals surface area contributed by atoms with Gasteiger partial charge >= 0.3 is 0 Å². The summed E-state index contributed by atoms with van der Waals surface area (Å²) in [5.41, 5.74) is 1.05. The van der Waals surface area contributed by atoms with Crippen LogP contribution in [-0.2, 0) is 6.54 Å². The van der Waals surface area contributed by atoms with E-state index < -0.39 is 5.95 Å². The van der Waals surface area contributed by atoms with E-state index in [0.29, 0.717) is 12.4 Å². The quantitative estimate of drug-likeness (QED) is 0.784. The molecule has 0 atom stereocenters.